The molecule has 1 rings (SSSR count). The highest BCUT2D eigenvalue weighted by molar-refractivity contribution is 6.31. The van der Waals surface area contributed by atoms with Crippen molar-refractivity contribution in [1.29, 1.82) is 5.26 Å². The Morgan fingerprint density at radius 2 is 2.28 bits per heavy atom. The summed E-state index contributed by atoms with van der Waals surface area (Å²) in [5, 5.41) is 9.25. The molecular formula is C12H11Cl2NO3. The molecule has 0 aromatic heterocycles. The number of ether oxygens (including phenoxy) is 2. The number of nitriles is 1. The number of hydrogen-bond donors (Lipinski definition) is 0. The van der Waals surface area contributed by atoms with E-state index in [1.807, 2.05) is 6.07 Å². The number of carbonyl (C=O) groups is 1. The van der Waals surface area contributed by atoms with Crippen LogP contribution in [0.25, 0.3) is 0 Å². The molecule has 1 aromatic carbocycles. The van der Waals surface area contributed by atoms with E-state index in [1.54, 1.807) is 18.2 Å². The standard InChI is InChI=1S/C12H11Cl2NO3/c1-8(16)18-9(5-13)7-17-12-4-2-3-11(14)10(12)6-15/h2-4,9H,5,7H2,1H3/t9-/m1/s1. The smallest absolute Gasteiger partial charge is 0.303 e. The summed E-state index contributed by atoms with van der Waals surface area (Å²) in [7, 11) is 0. The van der Waals surface area contributed by atoms with Gasteiger partial charge in [-0.2, -0.15) is 5.26 Å². The number of nitrogens with zero attached hydrogens (tertiary/aromatic N) is 1. The molecule has 0 fully saturated rings. The second-order valence-electron chi connectivity index (χ2n) is 3.42. The third-order valence-electron chi connectivity index (χ3n) is 2.02. The minimum atomic E-state index is -0.560. The Morgan fingerprint density at radius 3 is 2.83 bits per heavy atom. The van der Waals surface area contributed by atoms with Gasteiger partial charge in [0.2, 0.25) is 0 Å². The Bertz CT molecular complexity index is 471. The Hall–Kier alpha value is -1.44. The van der Waals surface area contributed by atoms with Gasteiger partial charge in [0, 0.05) is 6.92 Å². The van der Waals surface area contributed by atoms with Crippen molar-refractivity contribution in [1.82, 2.24) is 0 Å². The first kappa shape index (κ1) is 14.6. The molecular weight excluding hydrogens is 277 g/mol. The second kappa shape index (κ2) is 7.10. The number of benzene rings is 1. The fourth-order valence-electron chi connectivity index (χ4n) is 1.26. The van der Waals surface area contributed by atoms with Gasteiger partial charge in [-0.1, -0.05) is 17.7 Å². The van der Waals surface area contributed by atoms with Gasteiger partial charge >= 0.3 is 5.97 Å². The molecule has 1 aromatic rings. The average Bonchev–Trinajstić information content (AvgIpc) is 2.34. The van der Waals surface area contributed by atoms with Gasteiger partial charge in [0.25, 0.3) is 0 Å². The summed E-state index contributed by atoms with van der Waals surface area (Å²) < 4.78 is 10.3. The molecule has 0 unspecified atom stereocenters. The number of halogens is 2. The van der Waals surface area contributed by atoms with Gasteiger partial charge in [-0.3, -0.25) is 4.79 Å². The highest BCUT2D eigenvalue weighted by Crippen LogP contribution is 2.25. The molecule has 0 saturated carbocycles. The summed E-state index contributed by atoms with van der Waals surface area (Å²) in [6.07, 6.45) is -0.560. The van der Waals surface area contributed by atoms with Crippen LogP contribution in [-0.2, 0) is 9.53 Å². The lowest BCUT2D eigenvalue weighted by Crippen LogP contribution is -2.25. The zero-order valence-corrected chi connectivity index (χ0v) is 11.2. The van der Waals surface area contributed by atoms with Crippen molar-refractivity contribution in [2.45, 2.75) is 13.0 Å². The van der Waals surface area contributed by atoms with Crippen molar-refractivity contribution in [2.24, 2.45) is 0 Å². The summed E-state index contributed by atoms with van der Waals surface area (Å²) in [5.41, 5.74) is 0.246. The van der Waals surface area contributed by atoms with Crippen LogP contribution >= 0.6 is 23.2 Å². The van der Waals surface area contributed by atoms with E-state index in [1.165, 1.54) is 6.92 Å². The van der Waals surface area contributed by atoms with Gasteiger partial charge in [-0.25, -0.2) is 0 Å². The van der Waals surface area contributed by atoms with Crippen molar-refractivity contribution in [3.05, 3.63) is 28.8 Å². The van der Waals surface area contributed by atoms with Crippen LogP contribution in [0.1, 0.15) is 12.5 Å². The Morgan fingerprint density at radius 1 is 1.56 bits per heavy atom. The molecule has 0 heterocycles. The van der Waals surface area contributed by atoms with Crippen LogP contribution in [0.5, 0.6) is 5.75 Å². The van der Waals surface area contributed by atoms with E-state index < -0.39 is 12.1 Å². The van der Waals surface area contributed by atoms with E-state index in [-0.39, 0.29) is 18.1 Å². The maximum absolute atomic E-state index is 10.8. The zero-order valence-electron chi connectivity index (χ0n) is 9.65. The van der Waals surface area contributed by atoms with Crippen LogP contribution in [0.2, 0.25) is 5.02 Å². The summed E-state index contributed by atoms with van der Waals surface area (Å²) >= 11 is 11.5. The van der Waals surface area contributed by atoms with E-state index in [2.05, 4.69) is 0 Å². The molecule has 0 bridgehead atoms. The lowest BCUT2D eigenvalue weighted by Gasteiger charge is -2.15. The largest absolute Gasteiger partial charge is 0.488 e. The molecule has 0 aliphatic rings. The summed E-state index contributed by atoms with van der Waals surface area (Å²) in [4.78, 5) is 10.8. The number of esters is 1. The molecule has 4 nitrogen and oxygen atoms in total. The quantitative estimate of drug-likeness (QED) is 0.617. The lowest BCUT2D eigenvalue weighted by atomic mass is 10.2. The van der Waals surface area contributed by atoms with Gasteiger partial charge in [0.05, 0.1) is 10.9 Å². The van der Waals surface area contributed by atoms with Crippen LogP contribution in [0.15, 0.2) is 18.2 Å². The minimum Gasteiger partial charge on any atom is -0.488 e. The lowest BCUT2D eigenvalue weighted by molar-refractivity contribution is -0.146. The molecule has 0 radical (unpaired) electrons. The maximum Gasteiger partial charge on any atom is 0.303 e. The van der Waals surface area contributed by atoms with Gasteiger partial charge in [0.15, 0.2) is 0 Å². The van der Waals surface area contributed by atoms with Gasteiger partial charge < -0.3 is 9.47 Å². The van der Waals surface area contributed by atoms with Crippen LogP contribution in [-0.4, -0.2) is 24.6 Å². The summed E-state index contributed by atoms with van der Waals surface area (Å²) in [6, 6.07) is 6.83. The van der Waals surface area contributed by atoms with Crippen molar-refractivity contribution >= 4 is 29.2 Å². The Balaban J connectivity index is 2.71. The first-order valence-electron chi connectivity index (χ1n) is 5.13. The minimum absolute atomic E-state index is 0.0676. The number of rotatable bonds is 5. The molecule has 0 N–H and O–H groups in total. The van der Waals surface area contributed by atoms with Crippen LogP contribution < -0.4 is 4.74 Å². The number of hydrogen-bond acceptors (Lipinski definition) is 4. The Labute approximate surface area is 115 Å². The fraction of sp³-hybridized carbons (Fsp3) is 0.333. The molecule has 96 valence electrons. The van der Waals surface area contributed by atoms with E-state index in [9.17, 15) is 4.79 Å². The second-order valence-corrected chi connectivity index (χ2v) is 4.14. The van der Waals surface area contributed by atoms with Gasteiger partial charge in [-0.05, 0) is 12.1 Å². The molecule has 0 amide bonds. The van der Waals surface area contributed by atoms with Crippen molar-refractivity contribution in [2.75, 3.05) is 12.5 Å². The van der Waals surface area contributed by atoms with E-state index in [4.69, 9.17) is 37.9 Å². The first-order valence-corrected chi connectivity index (χ1v) is 6.04. The molecule has 0 aliphatic heterocycles. The number of alkyl halides is 1. The van der Waals surface area contributed by atoms with E-state index in [0.717, 1.165) is 0 Å². The SMILES string of the molecule is CC(=O)O[C@H](CCl)COc1cccc(Cl)c1C#N. The van der Waals surface area contributed by atoms with E-state index in [0.29, 0.717) is 10.8 Å². The molecule has 0 aliphatic carbocycles. The highest BCUT2D eigenvalue weighted by Gasteiger charge is 2.14. The summed E-state index contributed by atoms with van der Waals surface area (Å²) in [6.45, 7) is 1.36. The zero-order chi connectivity index (χ0) is 13.5. The third kappa shape index (κ3) is 4.10. The predicted octanol–water partition coefficient (Wildman–Crippen LogP) is 2.76. The number of carbonyl (C=O) groups excluding carboxylic acids is 1. The molecule has 18 heavy (non-hydrogen) atoms. The van der Waals surface area contributed by atoms with Crippen molar-refractivity contribution in [3.8, 4) is 11.8 Å². The van der Waals surface area contributed by atoms with Crippen LogP contribution in [0.3, 0.4) is 0 Å². The first-order chi connectivity index (χ1) is 8.58. The van der Waals surface area contributed by atoms with Crippen molar-refractivity contribution in [3.63, 3.8) is 0 Å². The van der Waals surface area contributed by atoms with Crippen LogP contribution in [0, 0.1) is 11.3 Å². The maximum atomic E-state index is 10.8. The normalized spacial score (nSPS) is 11.4. The molecule has 0 saturated heterocycles. The highest BCUT2D eigenvalue weighted by atomic mass is 35.5. The molecule has 1 atom stereocenters. The van der Waals surface area contributed by atoms with Gasteiger partial charge in [-0.15, -0.1) is 11.6 Å². The topological polar surface area (TPSA) is 59.3 Å². The third-order valence-corrected chi connectivity index (χ3v) is 2.68. The van der Waals surface area contributed by atoms with Crippen molar-refractivity contribution < 1.29 is 14.3 Å². The average molecular weight is 288 g/mol. The van der Waals surface area contributed by atoms with E-state index >= 15 is 0 Å². The fourth-order valence-corrected chi connectivity index (χ4v) is 1.62. The van der Waals surface area contributed by atoms with Crippen LogP contribution in [0.4, 0.5) is 0 Å². The monoisotopic (exact) mass is 287 g/mol. The predicted molar refractivity (Wildman–Crippen MR) is 67.9 cm³/mol. The van der Waals surface area contributed by atoms with Gasteiger partial charge in [0.1, 0.15) is 30.1 Å². The Kier molecular flexibility index (Phi) is 5.76. The molecule has 0 spiro atoms. The molecule has 6 heteroatoms. The summed E-state index contributed by atoms with van der Waals surface area (Å²) in [5.74, 6) is 0.0188.